The Hall–Kier alpha value is -3.15. The average Bonchev–Trinajstić information content (AvgIpc) is 2.62. The van der Waals surface area contributed by atoms with Crippen LogP contribution in [0, 0.1) is 5.82 Å². The third kappa shape index (κ3) is 3.98. The number of aromatic nitrogens is 2. The molecule has 3 aromatic rings. The fourth-order valence-electron chi connectivity index (χ4n) is 2.25. The highest BCUT2D eigenvalue weighted by Gasteiger charge is 2.07. The molecule has 0 spiro atoms. The second kappa shape index (κ2) is 7.41. The number of anilines is 3. The highest BCUT2D eigenvalue weighted by Crippen LogP contribution is 2.23. The number of nitrogen functional groups attached to an aromatic ring is 1. The molecular weight excluding hydrogens is 305 g/mol. The molecule has 2 aromatic carbocycles. The minimum atomic E-state index is -0.257. The van der Waals surface area contributed by atoms with Gasteiger partial charge in [0.05, 0.1) is 0 Å². The first-order valence-corrected chi connectivity index (χ1v) is 7.59. The summed E-state index contributed by atoms with van der Waals surface area (Å²) in [5, 5.41) is 6.36. The molecule has 4 N–H and O–H groups in total. The van der Waals surface area contributed by atoms with E-state index in [-0.39, 0.29) is 5.82 Å². The maximum atomic E-state index is 12.9. The van der Waals surface area contributed by atoms with Gasteiger partial charge in [0.1, 0.15) is 17.8 Å². The van der Waals surface area contributed by atoms with Gasteiger partial charge in [-0.2, -0.15) is 0 Å². The number of halogens is 1. The maximum absolute atomic E-state index is 12.9. The Bertz CT molecular complexity index is 790. The van der Waals surface area contributed by atoms with Crippen molar-refractivity contribution in [1.82, 2.24) is 9.97 Å². The molecule has 0 unspecified atom stereocenters. The Morgan fingerprint density at radius 3 is 1.92 bits per heavy atom. The normalized spacial score (nSPS) is 10.4. The van der Waals surface area contributed by atoms with Crippen LogP contribution < -0.4 is 16.4 Å². The summed E-state index contributed by atoms with van der Waals surface area (Å²) < 4.78 is 12.9. The van der Waals surface area contributed by atoms with Gasteiger partial charge >= 0.3 is 0 Å². The summed E-state index contributed by atoms with van der Waals surface area (Å²) in [6, 6.07) is 16.3. The molecule has 3 rings (SSSR count). The summed E-state index contributed by atoms with van der Waals surface area (Å²) in [5.74, 6) is 0.869. The van der Waals surface area contributed by atoms with Gasteiger partial charge in [0.2, 0.25) is 0 Å². The predicted molar refractivity (Wildman–Crippen MR) is 93.9 cm³/mol. The standard InChI is InChI=1S/C18H18FN5/c19-15-8-6-14(7-9-15)11-22-18-16(20)17(23-12-24-18)21-10-13-4-2-1-3-5-13/h1-9,12H,10-11,20H2,(H2,21,22,23,24). The van der Waals surface area contributed by atoms with E-state index >= 15 is 0 Å². The number of hydrogen-bond donors (Lipinski definition) is 3. The molecule has 0 saturated heterocycles. The zero-order chi connectivity index (χ0) is 16.8. The van der Waals surface area contributed by atoms with E-state index in [1.54, 1.807) is 12.1 Å². The summed E-state index contributed by atoms with van der Waals surface area (Å²) in [4.78, 5) is 8.35. The Morgan fingerprint density at radius 1 is 0.792 bits per heavy atom. The van der Waals surface area contributed by atoms with Crippen LogP contribution in [-0.4, -0.2) is 9.97 Å². The molecule has 0 radical (unpaired) electrons. The lowest BCUT2D eigenvalue weighted by atomic mass is 10.2. The molecule has 24 heavy (non-hydrogen) atoms. The number of benzene rings is 2. The number of nitrogens with one attached hydrogen (secondary N) is 2. The van der Waals surface area contributed by atoms with Crippen molar-refractivity contribution in [2.45, 2.75) is 13.1 Å². The molecule has 0 aliphatic heterocycles. The first kappa shape index (κ1) is 15.7. The molecule has 0 saturated carbocycles. The van der Waals surface area contributed by atoms with Crippen molar-refractivity contribution < 1.29 is 4.39 Å². The van der Waals surface area contributed by atoms with Crippen LogP contribution in [0.15, 0.2) is 60.9 Å². The maximum Gasteiger partial charge on any atom is 0.155 e. The van der Waals surface area contributed by atoms with E-state index in [4.69, 9.17) is 5.73 Å². The van der Waals surface area contributed by atoms with Gasteiger partial charge in [-0.3, -0.25) is 0 Å². The fraction of sp³-hybridized carbons (Fsp3) is 0.111. The van der Waals surface area contributed by atoms with Crippen molar-refractivity contribution in [1.29, 1.82) is 0 Å². The second-order valence-electron chi connectivity index (χ2n) is 5.30. The van der Waals surface area contributed by atoms with Gasteiger partial charge in [0.25, 0.3) is 0 Å². The number of nitrogens with zero attached hydrogens (tertiary/aromatic N) is 2. The second-order valence-corrected chi connectivity index (χ2v) is 5.30. The number of hydrogen-bond acceptors (Lipinski definition) is 5. The van der Waals surface area contributed by atoms with Crippen molar-refractivity contribution in [3.05, 3.63) is 77.9 Å². The molecule has 6 heteroatoms. The van der Waals surface area contributed by atoms with Gasteiger partial charge in [-0.15, -0.1) is 0 Å². The highest BCUT2D eigenvalue weighted by molar-refractivity contribution is 5.74. The third-order valence-electron chi connectivity index (χ3n) is 3.56. The van der Waals surface area contributed by atoms with Gasteiger partial charge in [-0.25, -0.2) is 14.4 Å². The van der Waals surface area contributed by atoms with Crippen molar-refractivity contribution in [3.63, 3.8) is 0 Å². The van der Waals surface area contributed by atoms with E-state index < -0.39 is 0 Å². The zero-order valence-electron chi connectivity index (χ0n) is 13.0. The quantitative estimate of drug-likeness (QED) is 0.648. The van der Waals surface area contributed by atoms with Gasteiger partial charge in [0.15, 0.2) is 11.6 Å². The summed E-state index contributed by atoms with van der Waals surface area (Å²) >= 11 is 0. The Morgan fingerprint density at radius 2 is 1.33 bits per heavy atom. The van der Waals surface area contributed by atoms with E-state index in [0.29, 0.717) is 30.4 Å². The fourth-order valence-corrected chi connectivity index (χ4v) is 2.25. The van der Waals surface area contributed by atoms with Crippen molar-refractivity contribution in [2.75, 3.05) is 16.4 Å². The van der Waals surface area contributed by atoms with E-state index in [1.165, 1.54) is 18.5 Å². The van der Waals surface area contributed by atoms with E-state index in [1.807, 2.05) is 30.3 Å². The van der Waals surface area contributed by atoms with Crippen LogP contribution in [0.4, 0.5) is 21.7 Å². The van der Waals surface area contributed by atoms with Crippen LogP contribution >= 0.6 is 0 Å². The highest BCUT2D eigenvalue weighted by atomic mass is 19.1. The molecule has 1 heterocycles. The smallest absolute Gasteiger partial charge is 0.155 e. The zero-order valence-corrected chi connectivity index (χ0v) is 13.0. The van der Waals surface area contributed by atoms with Crippen molar-refractivity contribution in [3.8, 4) is 0 Å². The molecule has 0 amide bonds. The molecule has 0 bridgehead atoms. The van der Waals surface area contributed by atoms with Crippen LogP contribution in [0.5, 0.6) is 0 Å². The van der Waals surface area contributed by atoms with Crippen LogP contribution in [0.1, 0.15) is 11.1 Å². The minimum absolute atomic E-state index is 0.257. The van der Waals surface area contributed by atoms with E-state index in [2.05, 4.69) is 20.6 Å². The first-order chi connectivity index (χ1) is 11.7. The lowest BCUT2D eigenvalue weighted by molar-refractivity contribution is 0.627. The van der Waals surface area contributed by atoms with Crippen molar-refractivity contribution >= 4 is 17.3 Å². The largest absolute Gasteiger partial charge is 0.393 e. The molecule has 1 aromatic heterocycles. The van der Waals surface area contributed by atoms with Crippen LogP contribution in [0.2, 0.25) is 0 Å². The molecular formula is C18H18FN5. The lowest BCUT2D eigenvalue weighted by Gasteiger charge is -2.12. The number of nitrogens with two attached hydrogens (primary N) is 1. The SMILES string of the molecule is Nc1c(NCc2ccccc2)ncnc1NCc1ccc(F)cc1. The molecule has 122 valence electrons. The topological polar surface area (TPSA) is 75.9 Å². The summed E-state index contributed by atoms with van der Waals surface area (Å²) in [7, 11) is 0. The van der Waals surface area contributed by atoms with Crippen LogP contribution in [0.3, 0.4) is 0 Å². The van der Waals surface area contributed by atoms with Gasteiger partial charge in [-0.05, 0) is 23.3 Å². The lowest BCUT2D eigenvalue weighted by Crippen LogP contribution is -2.10. The average molecular weight is 323 g/mol. The third-order valence-corrected chi connectivity index (χ3v) is 3.56. The summed E-state index contributed by atoms with van der Waals surface area (Å²) in [6.45, 7) is 1.12. The van der Waals surface area contributed by atoms with E-state index in [9.17, 15) is 4.39 Å². The van der Waals surface area contributed by atoms with Crippen LogP contribution in [-0.2, 0) is 13.1 Å². The molecule has 5 nitrogen and oxygen atoms in total. The summed E-state index contributed by atoms with van der Waals surface area (Å²) in [6.07, 6.45) is 1.46. The monoisotopic (exact) mass is 323 g/mol. The Balaban J connectivity index is 1.65. The summed E-state index contributed by atoms with van der Waals surface area (Å²) in [5.41, 5.74) is 8.65. The first-order valence-electron chi connectivity index (χ1n) is 7.59. The van der Waals surface area contributed by atoms with Gasteiger partial charge in [-0.1, -0.05) is 42.5 Å². The van der Waals surface area contributed by atoms with Gasteiger partial charge in [0, 0.05) is 13.1 Å². The predicted octanol–water partition coefficient (Wildman–Crippen LogP) is 3.42. The Labute approximate surface area is 139 Å². The molecule has 0 fully saturated rings. The number of rotatable bonds is 6. The Kier molecular flexibility index (Phi) is 4.86. The molecule has 0 atom stereocenters. The molecule has 0 aliphatic rings. The van der Waals surface area contributed by atoms with Crippen molar-refractivity contribution in [2.24, 2.45) is 0 Å². The minimum Gasteiger partial charge on any atom is -0.393 e. The van der Waals surface area contributed by atoms with Crippen LogP contribution in [0.25, 0.3) is 0 Å². The molecule has 0 aliphatic carbocycles. The van der Waals surface area contributed by atoms with Gasteiger partial charge < -0.3 is 16.4 Å². The van der Waals surface area contributed by atoms with E-state index in [0.717, 1.165) is 11.1 Å².